The summed E-state index contributed by atoms with van der Waals surface area (Å²) in [5, 5.41) is 0. The number of ketones is 1. The van der Waals surface area contributed by atoms with E-state index in [2.05, 4.69) is 0 Å². The lowest BCUT2D eigenvalue weighted by atomic mass is 9.54. The van der Waals surface area contributed by atoms with Crippen LogP contribution in [0.3, 0.4) is 0 Å². The van der Waals surface area contributed by atoms with Crippen LogP contribution in [0.2, 0.25) is 0 Å². The topological polar surface area (TPSA) is 17.1 Å². The highest BCUT2D eigenvalue weighted by Gasteiger charge is 2.49. The summed E-state index contributed by atoms with van der Waals surface area (Å²) in [4.78, 5) is 11.7. The first-order chi connectivity index (χ1) is 8.83. The molecule has 0 bridgehead atoms. The third kappa shape index (κ3) is 1.69. The number of fused-ring (bicyclic) bond motifs is 5. The SMILES string of the molecule is O=C1CCC2C(CCC3[C@H]4CCCC4CC[C@@H]23)C1. The van der Waals surface area contributed by atoms with Crippen molar-refractivity contribution in [1.82, 2.24) is 0 Å². The maximum absolute atomic E-state index is 11.7. The molecule has 0 heterocycles. The predicted octanol–water partition coefficient (Wildman–Crippen LogP) is 4.21. The summed E-state index contributed by atoms with van der Waals surface area (Å²) >= 11 is 0. The minimum atomic E-state index is 0.559. The highest BCUT2D eigenvalue weighted by Crippen LogP contribution is 2.57. The van der Waals surface area contributed by atoms with E-state index in [0.717, 1.165) is 48.3 Å². The van der Waals surface area contributed by atoms with E-state index in [9.17, 15) is 4.79 Å². The molecule has 0 saturated heterocycles. The lowest BCUT2D eigenvalue weighted by molar-refractivity contribution is -0.126. The highest BCUT2D eigenvalue weighted by atomic mass is 16.1. The molecule has 0 spiro atoms. The molecule has 1 heteroatoms. The molecule has 100 valence electrons. The fourth-order valence-electron chi connectivity index (χ4n) is 6.28. The van der Waals surface area contributed by atoms with Crippen LogP contribution in [0.4, 0.5) is 0 Å². The average molecular weight is 246 g/mol. The summed E-state index contributed by atoms with van der Waals surface area (Å²) in [5.74, 6) is 6.52. The molecule has 0 aliphatic heterocycles. The van der Waals surface area contributed by atoms with Crippen LogP contribution < -0.4 is 0 Å². The summed E-state index contributed by atoms with van der Waals surface area (Å²) < 4.78 is 0. The second-order valence-corrected chi connectivity index (χ2v) is 7.54. The molecular weight excluding hydrogens is 220 g/mol. The molecular formula is C17H26O. The first-order valence-electron chi connectivity index (χ1n) is 8.34. The van der Waals surface area contributed by atoms with Gasteiger partial charge in [-0.25, -0.2) is 0 Å². The molecule has 0 aromatic carbocycles. The van der Waals surface area contributed by atoms with Crippen molar-refractivity contribution in [3.05, 3.63) is 0 Å². The molecule has 4 fully saturated rings. The summed E-state index contributed by atoms with van der Waals surface area (Å²) in [6.45, 7) is 0. The molecule has 0 N–H and O–H groups in total. The lowest BCUT2D eigenvalue weighted by Crippen LogP contribution is -2.44. The molecule has 4 unspecified atom stereocenters. The van der Waals surface area contributed by atoms with E-state index in [1.54, 1.807) is 0 Å². The fraction of sp³-hybridized carbons (Fsp3) is 0.941. The van der Waals surface area contributed by atoms with Crippen molar-refractivity contribution < 1.29 is 4.79 Å². The van der Waals surface area contributed by atoms with E-state index in [0.29, 0.717) is 5.78 Å². The van der Waals surface area contributed by atoms with Gasteiger partial charge in [-0.2, -0.15) is 0 Å². The molecule has 4 aliphatic carbocycles. The van der Waals surface area contributed by atoms with Crippen LogP contribution in [0, 0.1) is 35.5 Å². The molecule has 4 rings (SSSR count). The Hall–Kier alpha value is -0.330. The van der Waals surface area contributed by atoms with E-state index in [4.69, 9.17) is 0 Å². The first kappa shape index (κ1) is 11.5. The van der Waals surface area contributed by atoms with Gasteiger partial charge in [-0.15, -0.1) is 0 Å². The van der Waals surface area contributed by atoms with Crippen molar-refractivity contribution in [2.45, 2.75) is 64.2 Å². The van der Waals surface area contributed by atoms with Gasteiger partial charge in [0.25, 0.3) is 0 Å². The summed E-state index contributed by atoms with van der Waals surface area (Å²) in [6, 6.07) is 0. The molecule has 0 radical (unpaired) electrons. The van der Waals surface area contributed by atoms with Gasteiger partial charge in [0.1, 0.15) is 5.78 Å². The zero-order valence-corrected chi connectivity index (χ0v) is 11.4. The predicted molar refractivity (Wildman–Crippen MR) is 72.1 cm³/mol. The number of Topliss-reactive ketones (excluding diaryl/α,β-unsaturated/α-hetero) is 1. The van der Waals surface area contributed by atoms with Gasteiger partial charge in [-0.1, -0.05) is 12.8 Å². The molecule has 6 atom stereocenters. The van der Waals surface area contributed by atoms with Gasteiger partial charge in [-0.05, 0) is 74.0 Å². The highest BCUT2D eigenvalue weighted by molar-refractivity contribution is 5.79. The minimum Gasteiger partial charge on any atom is -0.300 e. The Bertz CT molecular complexity index is 348. The Morgan fingerprint density at radius 1 is 0.667 bits per heavy atom. The molecule has 1 nitrogen and oxygen atoms in total. The van der Waals surface area contributed by atoms with Gasteiger partial charge in [-0.3, -0.25) is 4.79 Å². The van der Waals surface area contributed by atoms with Gasteiger partial charge >= 0.3 is 0 Å². The Morgan fingerprint density at radius 2 is 1.39 bits per heavy atom. The number of carbonyl (C=O) groups is 1. The first-order valence-corrected chi connectivity index (χ1v) is 8.34. The van der Waals surface area contributed by atoms with Crippen LogP contribution in [-0.2, 0) is 4.79 Å². The zero-order valence-electron chi connectivity index (χ0n) is 11.4. The second-order valence-electron chi connectivity index (χ2n) is 7.54. The van der Waals surface area contributed by atoms with Crippen molar-refractivity contribution in [3.8, 4) is 0 Å². The molecule has 0 aromatic heterocycles. The maximum Gasteiger partial charge on any atom is 0.133 e. The fourth-order valence-corrected chi connectivity index (χ4v) is 6.28. The normalized spacial score (nSPS) is 51.4. The number of rotatable bonds is 0. The minimum absolute atomic E-state index is 0.559. The van der Waals surface area contributed by atoms with Crippen molar-refractivity contribution in [1.29, 1.82) is 0 Å². The third-order valence-electron chi connectivity index (χ3n) is 6.96. The molecule has 18 heavy (non-hydrogen) atoms. The Kier molecular flexibility index (Phi) is 2.78. The Balaban J connectivity index is 1.55. The van der Waals surface area contributed by atoms with Crippen molar-refractivity contribution >= 4 is 5.78 Å². The van der Waals surface area contributed by atoms with E-state index in [-0.39, 0.29) is 0 Å². The van der Waals surface area contributed by atoms with Gasteiger partial charge in [0, 0.05) is 12.8 Å². The quantitative estimate of drug-likeness (QED) is 0.626. The van der Waals surface area contributed by atoms with E-state index >= 15 is 0 Å². The Labute approximate surface area is 111 Å². The average Bonchev–Trinajstić information content (AvgIpc) is 2.86. The van der Waals surface area contributed by atoms with E-state index in [1.165, 1.54) is 51.4 Å². The monoisotopic (exact) mass is 246 g/mol. The molecule has 4 saturated carbocycles. The summed E-state index contributed by atoms with van der Waals surface area (Å²) in [5.41, 5.74) is 0. The van der Waals surface area contributed by atoms with Crippen molar-refractivity contribution in [2.75, 3.05) is 0 Å². The van der Waals surface area contributed by atoms with Crippen molar-refractivity contribution in [3.63, 3.8) is 0 Å². The Morgan fingerprint density at radius 3 is 2.22 bits per heavy atom. The summed E-state index contributed by atoms with van der Waals surface area (Å²) in [7, 11) is 0. The largest absolute Gasteiger partial charge is 0.300 e. The van der Waals surface area contributed by atoms with Gasteiger partial charge < -0.3 is 0 Å². The van der Waals surface area contributed by atoms with Crippen molar-refractivity contribution in [2.24, 2.45) is 35.5 Å². The molecule has 4 aliphatic rings. The lowest BCUT2D eigenvalue weighted by Gasteiger charge is -2.51. The van der Waals surface area contributed by atoms with Crippen LogP contribution in [0.15, 0.2) is 0 Å². The van der Waals surface area contributed by atoms with Crippen LogP contribution in [0.25, 0.3) is 0 Å². The molecule has 0 amide bonds. The number of hydrogen-bond acceptors (Lipinski definition) is 1. The van der Waals surface area contributed by atoms with Crippen LogP contribution >= 0.6 is 0 Å². The second kappa shape index (κ2) is 4.35. The van der Waals surface area contributed by atoms with Gasteiger partial charge in [0.05, 0.1) is 0 Å². The van der Waals surface area contributed by atoms with Crippen LogP contribution in [0.1, 0.15) is 64.2 Å². The number of carbonyl (C=O) groups excluding carboxylic acids is 1. The van der Waals surface area contributed by atoms with E-state index < -0.39 is 0 Å². The molecule has 0 aromatic rings. The van der Waals surface area contributed by atoms with E-state index in [1.807, 2.05) is 0 Å². The van der Waals surface area contributed by atoms with Crippen LogP contribution in [-0.4, -0.2) is 5.78 Å². The smallest absolute Gasteiger partial charge is 0.133 e. The zero-order chi connectivity index (χ0) is 12.1. The van der Waals surface area contributed by atoms with Gasteiger partial charge in [0.2, 0.25) is 0 Å². The number of hydrogen-bond donors (Lipinski definition) is 0. The maximum atomic E-state index is 11.7. The summed E-state index contributed by atoms with van der Waals surface area (Å²) in [6.07, 6.45) is 13.5. The third-order valence-corrected chi connectivity index (χ3v) is 6.96. The van der Waals surface area contributed by atoms with Gasteiger partial charge in [0.15, 0.2) is 0 Å². The van der Waals surface area contributed by atoms with Crippen LogP contribution in [0.5, 0.6) is 0 Å². The standard InChI is InChI=1S/C17H26O/c18-13-6-9-15-12(10-13)5-8-16-14-3-1-2-11(14)4-7-17(15)16/h11-12,14-17H,1-10H2/t11?,12?,14-,15?,16?,17-/m0/s1.